The maximum Gasteiger partial charge on any atom is 0.257 e. The number of nitrogens with zero attached hydrogens (tertiary/aromatic N) is 2. The number of H-pyrrole nitrogens is 1. The number of hydrogen-bond acceptors (Lipinski definition) is 4. The number of aromatic amines is 1. The first-order valence-corrected chi connectivity index (χ1v) is 11.2. The number of piperidine rings is 1. The summed E-state index contributed by atoms with van der Waals surface area (Å²) in [5.41, 5.74) is 3.05. The van der Waals surface area contributed by atoms with Crippen molar-refractivity contribution in [3.05, 3.63) is 39.3 Å². The van der Waals surface area contributed by atoms with E-state index in [0.29, 0.717) is 5.92 Å². The Morgan fingerprint density at radius 1 is 1.26 bits per heavy atom. The number of likely N-dealkylation sites (tertiary alicyclic amines) is 1. The Labute approximate surface area is 164 Å². The average molecular weight is 386 g/mol. The van der Waals surface area contributed by atoms with Crippen molar-refractivity contribution in [1.82, 2.24) is 15.1 Å². The molecular formula is C21H27N3O2S. The predicted octanol–water partition coefficient (Wildman–Crippen LogP) is 4.22. The van der Waals surface area contributed by atoms with Crippen LogP contribution in [0.3, 0.4) is 0 Å². The summed E-state index contributed by atoms with van der Waals surface area (Å²) in [5.74, 6) is 0.604. The molecule has 1 amide bonds. The second-order valence-corrected chi connectivity index (χ2v) is 9.18. The van der Waals surface area contributed by atoms with Gasteiger partial charge in [0.25, 0.3) is 5.91 Å². The van der Waals surface area contributed by atoms with Crippen LogP contribution in [0, 0.1) is 0 Å². The Morgan fingerprint density at radius 2 is 2.07 bits per heavy atom. The number of carbonyl (C=O) groups excluding carboxylic acids is 1. The van der Waals surface area contributed by atoms with Gasteiger partial charge in [0, 0.05) is 30.3 Å². The van der Waals surface area contributed by atoms with E-state index in [4.69, 9.17) is 4.74 Å². The highest BCUT2D eigenvalue weighted by Gasteiger charge is 2.42. The first-order chi connectivity index (χ1) is 13.3. The zero-order valence-electron chi connectivity index (χ0n) is 15.7. The summed E-state index contributed by atoms with van der Waals surface area (Å²) in [6, 6.07) is 2.23. The number of hydrogen-bond donors (Lipinski definition) is 1. The normalized spacial score (nSPS) is 22.7. The Balaban J connectivity index is 1.31. The lowest BCUT2D eigenvalue weighted by molar-refractivity contribution is -0.0926. The maximum atomic E-state index is 13.2. The minimum absolute atomic E-state index is 0.139. The third kappa shape index (κ3) is 3.03. The molecule has 2 fully saturated rings. The fourth-order valence-electron chi connectivity index (χ4n) is 5.18. The van der Waals surface area contributed by atoms with E-state index in [1.807, 2.05) is 16.2 Å². The fraction of sp³-hybridized carbons (Fsp3) is 0.619. The quantitative estimate of drug-likeness (QED) is 0.842. The molecule has 3 aliphatic rings. The predicted molar refractivity (Wildman–Crippen MR) is 105 cm³/mol. The van der Waals surface area contributed by atoms with Gasteiger partial charge in [0.1, 0.15) is 0 Å². The number of rotatable bonds is 2. The molecule has 144 valence electrons. The molecule has 1 saturated heterocycles. The van der Waals surface area contributed by atoms with Crippen LogP contribution in [0.25, 0.3) is 0 Å². The number of aromatic nitrogens is 2. The number of fused-ring (bicyclic) bond motifs is 2. The van der Waals surface area contributed by atoms with Gasteiger partial charge >= 0.3 is 0 Å². The standard InChI is InChI=1S/C21H27N3O2S/c25-20(16-14-22-23-19(16)15-4-2-1-3-5-15)24-10-8-21(9-11-24)17-7-13-27-18(17)6-12-26-21/h7,13-15H,1-6,8-12H2,(H,22,23). The summed E-state index contributed by atoms with van der Waals surface area (Å²) in [6.45, 7) is 2.31. The zero-order chi connectivity index (χ0) is 18.3. The van der Waals surface area contributed by atoms with Crippen LogP contribution in [0.2, 0.25) is 0 Å². The van der Waals surface area contributed by atoms with Gasteiger partial charge in [-0.05, 0) is 42.7 Å². The van der Waals surface area contributed by atoms with Gasteiger partial charge in [-0.1, -0.05) is 19.3 Å². The second-order valence-electron chi connectivity index (χ2n) is 8.17. The topological polar surface area (TPSA) is 58.2 Å². The van der Waals surface area contributed by atoms with Crippen LogP contribution < -0.4 is 0 Å². The van der Waals surface area contributed by atoms with Crippen LogP contribution in [0.15, 0.2) is 17.6 Å². The SMILES string of the molecule is O=C(c1cn[nH]c1C1CCCCC1)N1CCC2(CC1)OCCc1sccc12. The summed E-state index contributed by atoms with van der Waals surface area (Å²) < 4.78 is 6.28. The summed E-state index contributed by atoms with van der Waals surface area (Å²) in [7, 11) is 0. The van der Waals surface area contributed by atoms with E-state index < -0.39 is 0 Å². The van der Waals surface area contributed by atoms with Gasteiger partial charge in [0.05, 0.1) is 29.7 Å². The van der Waals surface area contributed by atoms with Crippen LogP contribution in [0.4, 0.5) is 0 Å². The van der Waals surface area contributed by atoms with Gasteiger partial charge < -0.3 is 9.64 Å². The van der Waals surface area contributed by atoms with Gasteiger partial charge in [-0.3, -0.25) is 9.89 Å². The number of thiophene rings is 1. The number of ether oxygens (including phenoxy) is 1. The lowest BCUT2D eigenvalue weighted by Crippen LogP contribution is -2.48. The highest BCUT2D eigenvalue weighted by atomic mass is 32.1. The lowest BCUT2D eigenvalue weighted by atomic mass is 9.82. The van der Waals surface area contributed by atoms with Crippen LogP contribution >= 0.6 is 11.3 Å². The highest BCUT2D eigenvalue weighted by Crippen LogP contribution is 2.43. The van der Waals surface area contributed by atoms with E-state index in [1.54, 1.807) is 6.20 Å². The number of carbonyl (C=O) groups is 1. The third-order valence-corrected chi connectivity index (χ3v) is 7.70. The number of nitrogens with one attached hydrogen (secondary N) is 1. The maximum absolute atomic E-state index is 13.2. The molecule has 2 aromatic heterocycles. The molecule has 6 heteroatoms. The van der Waals surface area contributed by atoms with Gasteiger partial charge in [-0.2, -0.15) is 5.10 Å². The van der Waals surface area contributed by atoms with Crippen LogP contribution in [-0.4, -0.2) is 40.7 Å². The van der Waals surface area contributed by atoms with E-state index in [0.717, 1.165) is 50.2 Å². The van der Waals surface area contributed by atoms with Gasteiger partial charge in [-0.25, -0.2) is 0 Å². The molecule has 0 atom stereocenters. The summed E-state index contributed by atoms with van der Waals surface area (Å²) >= 11 is 1.84. The molecule has 1 saturated carbocycles. The summed E-state index contributed by atoms with van der Waals surface area (Å²) in [5, 5.41) is 9.55. The third-order valence-electron chi connectivity index (χ3n) is 6.71. The van der Waals surface area contributed by atoms with Gasteiger partial charge in [-0.15, -0.1) is 11.3 Å². The van der Waals surface area contributed by atoms with E-state index in [1.165, 1.54) is 42.5 Å². The summed E-state index contributed by atoms with van der Waals surface area (Å²) in [6.07, 6.45) is 10.7. The monoisotopic (exact) mass is 385 g/mol. The van der Waals surface area contributed by atoms with Gasteiger partial charge in [0.15, 0.2) is 0 Å². The molecule has 4 heterocycles. The largest absolute Gasteiger partial charge is 0.370 e. The Kier molecular flexibility index (Phi) is 4.56. The van der Waals surface area contributed by atoms with Crippen molar-refractivity contribution < 1.29 is 9.53 Å². The van der Waals surface area contributed by atoms with E-state index in [-0.39, 0.29) is 11.5 Å². The van der Waals surface area contributed by atoms with Crippen molar-refractivity contribution in [3.63, 3.8) is 0 Å². The minimum atomic E-state index is -0.174. The second kappa shape index (κ2) is 7.06. The molecule has 2 aliphatic heterocycles. The Morgan fingerprint density at radius 3 is 2.89 bits per heavy atom. The molecule has 5 rings (SSSR count). The molecule has 1 aliphatic carbocycles. The van der Waals surface area contributed by atoms with Crippen molar-refractivity contribution in [3.8, 4) is 0 Å². The average Bonchev–Trinajstić information content (AvgIpc) is 3.39. The molecule has 1 spiro atoms. The van der Waals surface area contributed by atoms with Crippen LogP contribution in [0.1, 0.15) is 77.4 Å². The fourth-order valence-corrected chi connectivity index (χ4v) is 6.13. The smallest absolute Gasteiger partial charge is 0.257 e. The van der Waals surface area contributed by atoms with Crippen LogP contribution in [0.5, 0.6) is 0 Å². The van der Waals surface area contributed by atoms with E-state index in [9.17, 15) is 4.79 Å². The molecule has 1 N–H and O–H groups in total. The van der Waals surface area contributed by atoms with Crippen LogP contribution in [-0.2, 0) is 16.8 Å². The first kappa shape index (κ1) is 17.4. The molecule has 0 unspecified atom stereocenters. The number of amides is 1. The Hall–Kier alpha value is -1.66. The minimum Gasteiger partial charge on any atom is -0.370 e. The summed E-state index contributed by atoms with van der Waals surface area (Å²) in [4.78, 5) is 16.7. The molecular weight excluding hydrogens is 358 g/mol. The Bertz CT molecular complexity index is 813. The lowest BCUT2D eigenvalue weighted by Gasteiger charge is -2.44. The van der Waals surface area contributed by atoms with E-state index in [2.05, 4.69) is 21.6 Å². The van der Waals surface area contributed by atoms with Crippen molar-refractivity contribution in [1.29, 1.82) is 0 Å². The molecule has 27 heavy (non-hydrogen) atoms. The molecule has 0 aromatic carbocycles. The molecule has 2 aromatic rings. The van der Waals surface area contributed by atoms with Crippen molar-refractivity contribution in [2.24, 2.45) is 0 Å². The molecule has 0 bridgehead atoms. The van der Waals surface area contributed by atoms with Crippen molar-refractivity contribution >= 4 is 17.2 Å². The van der Waals surface area contributed by atoms with E-state index >= 15 is 0 Å². The van der Waals surface area contributed by atoms with Crippen molar-refractivity contribution in [2.45, 2.75) is 62.9 Å². The first-order valence-electron chi connectivity index (χ1n) is 10.3. The molecule has 5 nitrogen and oxygen atoms in total. The van der Waals surface area contributed by atoms with Crippen molar-refractivity contribution in [2.75, 3.05) is 19.7 Å². The zero-order valence-corrected chi connectivity index (χ0v) is 16.5. The molecule has 0 radical (unpaired) electrons. The van der Waals surface area contributed by atoms with Gasteiger partial charge in [0.2, 0.25) is 0 Å². The highest BCUT2D eigenvalue weighted by molar-refractivity contribution is 7.10.